The summed E-state index contributed by atoms with van der Waals surface area (Å²) in [5.74, 6) is 0.958. The monoisotopic (exact) mass is 380 g/mol. The van der Waals surface area contributed by atoms with Gasteiger partial charge in [-0.05, 0) is 25.0 Å². The lowest BCUT2D eigenvalue weighted by Crippen LogP contribution is -2.48. The Kier molecular flexibility index (Phi) is 5.62. The van der Waals surface area contributed by atoms with Crippen molar-refractivity contribution in [2.24, 2.45) is 12.0 Å². The van der Waals surface area contributed by atoms with E-state index < -0.39 is 0 Å². The number of fused-ring (bicyclic) bond motifs is 1. The van der Waals surface area contributed by atoms with Crippen LogP contribution in [0.4, 0.5) is 0 Å². The van der Waals surface area contributed by atoms with Crippen molar-refractivity contribution in [2.45, 2.75) is 19.4 Å². The summed E-state index contributed by atoms with van der Waals surface area (Å²) in [6, 6.07) is 8.41. The predicted octanol–water partition coefficient (Wildman–Crippen LogP) is 2.48. The van der Waals surface area contributed by atoms with Crippen molar-refractivity contribution in [3.8, 4) is 0 Å². The Morgan fingerprint density at radius 2 is 2.29 bits per heavy atom. The van der Waals surface area contributed by atoms with Crippen molar-refractivity contribution in [1.29, 1.82) is 0 Å². The van der Waals surface area contributed by atoms with E-state index >= 15 is 0 Å². The fourth-order valence-corrected chi connectivity index (χ4v) is 3.70. The van der Waals surface area contributed by atoms with Crippen molar-refractivity contribution in [3.63, 3.8) is 0 Å². The van der Waals surface area contributed by atoms with E-state index in [1.807, 2.05) is 24.1 Å². The Hall–Kier alpha value is -2.80. The topological polar surface area (TPSA) is 70.5 Å². The van der Waals surface area contributed by atoms with Crippen LogP contribution in [0.3, 0.4) is 0 Å². The molecule has 28 heavy (non-hydrogen) atoms. The van der Waals surface area contributed by atoms with Crippen molar-refractivity contribution in [2.75, 3.05) is 32.8 Å². The Labute approximate surface area is 165 Å². The maximum atomic E-state index is 5.97. The van der Waals surface area contributed by atoms with Crippen LogP contribution in [0.2, 0.25) is 0 Å². The van der Waals surface area contributed by atoms with Gasteiger partial charge in [0.05, 0.1) is 19.3 Å². The molecule has 7 nitrogen and oxygen atoms in total. The number of aryl methyl sites for hydroxylation is 1. The third kappa shape index (κ3) is 4.04. The molecule has 0 bridgehead atoms. The highest BCUT2D eigenvalue weighted by Crippen LogP contribution is 2.22. The van der Waals surface area contributed by atoms with E-state index in [1.54, 1.807) is 0 Å². The number of guanidine groups is 1. The Morgan fingerprint density at radius 3 is 3.11 bits per heavy atom. The first-order valence-corrected chi connectivity index (χ1v) is 9.93. The molecule has 4 rings (SSSR count). The number of H-pyrrole nitrogens is 1. The van der Waals surface area contributed by atoms with Crippen LogP contribution in [0.15, 0.2) is 47.8 Å². The molecule has 148 valence electrons. The molecule has 3 heterocycles. The summed E-state index contributed by atoms with van der Waals surface area (Å²) in [6.45, 7) is 6.01. The van der Waals surface area contributed by atoms with Gasteiger partial charge in [0.15, 0.2) is 5.96 Å². The average molecular weight is 380 g/mol. The van der Waals surface area contributed by atoms with E-state index in [2.05, 4.69) is 57.7 Å². The van der Waals surface area contributed by atoms with E-state index in [9.17, 15) is 0 Å². The summed E-state index contributed by atoms with van der Waals surface area (Å²) in [5.41, 5.74) is 3.60. The Balaban J connectivity index is 1.43. The SMILES string of the molecule is CCNC(=NCCc1c[nH]c2ccccc12)N1CCOC(c2cnn(C)c2)C1. The molecule has 1 aliphatic rings. The van der Waals surface area contributed by atoms with Crippen LogP contribution in [0.5, 0.6) is 0 Å². The van der Waals surface area contributed by atoms with Gasteiger partial charge in [-0.3, -0.25) is 9.67 Å². The van der Waals surface area contributed by atoms with Crippen LogP contribution in [0, 0.1) is 0 Å². The number of aliphatic imine (C=N–C) groups is 1. The minimum atomic E-state index is 0.0277. The molecular weight excluding hydrogens is 352 g/mol. The number of hydrogen-bond acceptors (Lipinski definition) is 3. The first-order valence-electron chi connectivity index (χ1n) is 9.93. The molecule has 2 aromatic heterocycles. The summed E-state index contributed by atoms with van der Waals surface area (Å²) in [4.78, 5) is 10.5. The van der Waals surface area contributed by atoms with E-state index in [-0.39, 0.29) is 6.10 Å². The number of benzene rings is 1. The molecule has 1 atom stereocenters. The molecule has 1 unspecified atom stereocenters. The first kappa shape index (κ1) is 18.6. The molecule has 7 heteroatoms. The highest BCUT2D eigenvalue weighted by Gasteiger charge is 2.25. The number of nitrogens with one attached hydrogen (secondary N) is 2. The lowest BCUT2D eigenvalue weighted by Gasteiger charge is -2.34. The summed E-state index contributed by atoms with van der Waals surface area (Å²) in [6.07, 6.45) is 6.94. The number of aromatic nitrogens is 3. The van der Waals surface area contributed by atoms with Crippen molar-refractivity contribution in [1.82, 2.24) is 25.0 Å². The number of nitrogens with zero attached hydrogens (tertiary/aromatic N) is 4. The summed E-state index contributed by atoms with van der Waals surface area (Å²) in [7, 11) is 1.93. The number of aromatic amines is 1. The average Bonchev–Trinajstić information content (AvgIpc) is 3.34. The zero-order valence-electron chi connectivity index (χ0n) is 16.6. The molecular formula is C21H28N6O. The third-order valence-electron chi connectivity index (χ3n) is 5.12. The quantitative estimate of drug-likeness (QED) is 0.527. The van der Waals surface area contributed by atoms with Gasteiger partial charge in [0.1, 0.15) is 6.10 Å². The van der Waals surface area contributed by atoms with Crippen molar-refractivity contribution >= 4 is 16.9 Å². The largest absolute Gasteiger partial charge is 0.370 e. The van der Waals surface area contributed by atoms with Crippen LogP contribution in [0.1, 0.15) is 24.2 Å². The number of rotatable bonds is 5. The molecule has 1 aliphatic heterocycles. The summed E-state index contributed by atoms with van der Waals surface area (Å²) in [5, 5.41) is 8.99. The zero-order valence-corrected chi connectivity index (χ0v) is 16.6. The fourth-order valence-electron chi connectivity index (χ4n) is 3.70. The van der Waals surface area contributed by atoms with E-state index in [1.165, 1.54) is 16.5 Å². The lowest BCUT2D eigenvalue weighted by atomic mass is 10.1. The molecule has 0 radical (unpaired) electrons. The second-order valence-corrected chi connectivity index (χ2v) is 7.10. The van der Waals surface area contributed by atoms with Crippen molar-refractivity contribution in [3.05, 3.63) is 54.0 Å². The lowest BCUT2D eigenvalue weighted by molar-refractivity contribution is -0.00803. The van der Waals surface area contributed by atoms with Crippen LogP contribution < -0.4 is 5.32 Å². The number of ether oxygens (including phenoxy) is 1. The Morgan fingerprint density at radius 1 is 1.39 bits per heavy atom. The zero-order chi connectivity index (χ0) is 19.3. The minimum absolute atomic E-state index is 0.0277. The van der Waals surface area contributed by atoms with Gasteiger partial charge < -0.3 is 19.9 Å². The first-order chi connectivity index (χ1) is 13.7. The van der Waals surface area contributed by atoms with E-state index in [0.717, 1.165) is 44.1 Å². The third-order valence-corrected chi connectivity index (χ3v) is 5.12. The maximum absolute atomic E-state index is 5.97. The number of morpholine rings is 1. The van der Waals surface area contributed by atoms with Gasteiger partial charge in [-0.15, -0.1) is 0 Å². The van der Waals surface area contributed by atoms with Gasteiger partial charge in [0, 0.05) is 55.5 Å². The van der Waals surface area contributed by atoms with Crippen molar-refractivity contribution < 1.29 is 4.74 Å². The fraction of sp³-hybridized carbons (Fsp3) is 0.429. The molecule has 3 aromatic rings. The predicted molar refractivity (Wildman–Crippen MR) is 111 cm³/mol. The number of hydrogen-bond donors (Lipinski definition) is 2. The molecule has 0 spiro atoms. The molecule has 1 aromatic carbocycles. The summed E-state index contributed by atoms with van der Waals surface area (Å²) >= 11 is 0. The van der Waals surface area contributed by atoms with Gasteiger partial charge in [-0.1, -0.05) is 18.2 Å². The van der Waals surface area contributed by atoms with Gasteiger partial charge in [0.25, 0.3) is 0 Å². The van der Waals surface area contributed by atoms with Gasteiger partial charge in [-0.2, -0.15) is 5.10 Å². The van der Waals surface area contributed by atoms with Gasteiger partial charge >= 0.3 is 0 Å². The molecule has 0 saturated carbocycles. The van der Waals surface area contributed by atoms with E-state index in [0.29, 0.717) is 6.61 Å². The Bertz CT molecular complexity index is 943. The van der Waals surface area contributed by atoms with Gasteiger partial charge in [0.2, 0.25) is 0 Å². The van der Waals surface area contributed by atoms with Gasteiger partial charge in [-0.25, -0.2) is 0 Å². The second-order valence-electron chi connectivity index (χ2n) is 7.10. The highest BCUT2D eigenvalue weighted by molar-refractivity contribution is 5.83. The maximum Gasteiger partial charge on any atom is 0.194 e. The van der Waals surface area contributed by atoms with Crippen LogP contribution in [-0.4, -0.2) is 58.4 Å². The van der Waals surface area contributed by atoms with Crippen LogP contribution in [0.25, 0.3) is 10.9 Å². The molecule has 2 N–H and O–H groups in total. The minimum Gasteiger partial charge on any atom is -0.370 e. The molecule has 1 saturated heterocycles. The smallest absolute Gasteiger partial charge is 0.194 e. The molecule has 0 aliphatic carbocycles. The number of para-hydroxylation sites is 1. The summed E-state index contributed by atoms with van der Waals surface area (Å²) < 4.78 is 7.78. The highest BCUT2D eigenvalue weighted by atomic mass is 16.5. The van der Waals surface area contributed by atoms with E-state index in [4.69, 9.17) is 9.73 Å². The molecule has 0 amide bonds. The van der Waals surface area contributed by atoms with Crippen LogP contribution in [-0.2, 0) is 18.2 Å². The molecule has 1 fully saturated rings. The standard InChI is InChI=1S/C21H28N6O/c1-3-22-21(23-9-8-16-12-24-19-7-5-4-6-18(16)19)27-10-11-28-20(15-27)17-13-25-26(2)14-17/h4-7,12-14,20,24H,3,8-11,15H2,1-2H3,(H,22,23). The second kappa shape index (κ2) is 8.48. The van der Waals surface area contributed by atoms with Crippen LogP contribution >= 0.6 is 0 Å². The normalized spacial score (nSPS) is 18.0.